The van der Waals surface area contributed by atoms with Gasteiger partial charge in [0.15, 0.2) is 0 Å². The smallest absolute Gasteiger partial charge is 0.327 e. The lowest BCUT2D eigenvalue weighted by atomic mass is 10.1. The van der Waals surface area contributed by atoms with Crippen LogP contribution in [0.3, 0.4) is 0 Å². The van der Waals surface area contributed by atoms with E-state index in [1.165, 1.54) is 22.3 Å². The molecule has 4 N–H and O–H groups in total. The highest BCUT2D eigenvalue weighted by Crippen LogP contribution is 2.35. The van der Waals surface area contributed by atoms with Crippen molar-refractivity contribution in [3.63, 3.8) is 0 Å². The number of aromatic hydroxyl groups is 2. The minimum atomic E-state index is -0.981. The van der Waals surface area contributed by atoms with Crippen molar-refractivity contribution in [3.8, 4) is 22.6 Å². The number of aliphatic carboxylic acids is 2. The van der Waals surface area contributed by atoms with Gasteiger partial charge >= 0.3 is 11.9 Å². The third kappa shape index (κ3) is 12.1. The molecular weight excluding hydrogens is 492 g/mol. The molecule has 0 heterocycles. The van der Waals surface area contributed by atoms with Gasteiger partial charge in [0.2, 0.25) is 0 Å². The van der Waals surface area contributed by atoms with Crippen LogP contribution in [0.15, 0.2) is 122 Å². The fourth-order valence-electron chi connectivity index (χ4n) is 3.21. The van der Waals surface area contributed by atoms with Gasteiger partial charge in [0.25, 0.3) is 0 Å². The molecule has 1 aliphatic carbocycles. The number of hydrogen-bond donors (Lipinski definition) is 4. The SMILES string of the molecule is C=CC(=O)O.C=CC(=O)O.Cc1ccccc1O.Cc1ccccc1O.c1ccc2c(c1)Cc1ccccc1-2. The summed E-state index contributed by atoms with van der Waals surface area (Å²) >= 11 is 0. The predicted octanol–water partition coefficient (Wildman–Crippen LogP) is 7.17. The lowest BCUT2D eigenvalue weighted by Crippen LogP contribution is -1.82. The number of carboxylic acids is 2. The number of carboxylic acid groups (broad SMARTS) is 2. The van der Waals surface area contributed by atoms with Gasteiger partial charge in [-0.25, -0.2) is 9.59 Å². The van der Waals surface area contributed by atoms with Crippen molar-refractivity contribution < 1.29 is 30.0 Å². The maximum absolute atomic E-state index is 9.25. The van der Waals surface area contributed by atoms with Crippen molar-refractivity contribution in [1.29, 1.82) is 0 Å². The molecule has 1 aliphatic rings. The van der Waals surface area contributed by atoms with Crippen LogP contribution in [0.5, 0.6) is 11.5 Å². The van der Waals surface area contributed by atoms with E-state index in [0.29, 0.717) is 11.5 Å². The lowest BCUT2D eigenvalue weighted by molar-refractivity contribution is -0.132. The van der Waals surface area contributed by atoms with Crippen molar-refractivity contribution in [2.45, 2.75) is 20.3 Å². The van der Waals surface area contributed by atoms with Crippen molar-refractivity contribution >= 4 is 11.9 Å². The first-order valence-corrected chi connectivity index (χ1v) is 12.0. The minimum Gasteiger partial charge on any atom is -0.508 e. The monoisotopic (exact) mass is 526 g/mol. The Morgan fingerprint density at radius 2 is 0.872 bits per heavy atom. The first-order chi connectivity index (χ1) is 18.6. The van der Waals surface area contributed by atoms with Crippen molar-refractivity contribution in [2.24, 2.45) is 0 Å². The van der Waals surface area contributed by atoms with E-state index in [1.54, 1.807) is 12.1 Å². The number of phenolic OH excluding ortho intramolecular Hbond substituents is 2. The topological polar surface area (TPSA) is 115 Å². The first kappa shape index (κ1) is 31.9. The molecule has 5 rings (SSSR count). The Morgan fingerprint density at radius 3 is 1.13 bits per heavy atom. The molecule has 0 amide bonds. The minimum absolute atomic E-state index is 0.368. The molecule has 0 aliphatic heterocycles. The highest BCUT2D eigenvalue weighted by Gasteiger charge is 2.15. The van der Waals surface area contributed by atoms with E-state index in [-0.39, 0.29) is 0 Å². The van der Waals surface area contributed by atoms with Crippen LogP contribution in [0.1, 0.15) is 22.3 Å². The zero-order valence-corrected chi connectivity index (χ0v) is 22.1. The van der Waals surface area contributed by atoms with Crippen LogP contribution in [0.2, 0.25) is 0 Å². The van der Waals surface area contributed by atoms with Gasteiger partial charge in [0.05, 0.1) is 0 Å². The summed E-state index contributed by atoms with van der Waals surface area (Å²) in [6, 6.07) is 31.8. The summed E-state index contributed by atoms with van der Waals surface area (Å²) in [4.78, 5) is 18.5. The molecule has 6 heteroatoms. The number of carbonyl (C=O) groups is 2. The maximum atomic E-state index is 9.25. The summed E-state index contributed by atoms with van der Waals surface area (Å²) in [6.07, 6.45) is 2.77. The Balaban J connectivity index is 0.000000259. The van der Waals surface area contributed by atoms with Crippen LogP contribution in [0.4, 0.5) is 0 Å². The largest absolute Gasteiger partial charge is 0.508 e. The number of para-hydroxylation sites is 2. The van der Waals surface area contributed by atoms with Gasteiger partial charge in [-0.3, -0.25) is 0 Å². The number of aryl methyl sites for hydroxylation is 2. The molecule has 0 aromatic heterocycles. The summed E-state index contributed by atoms with van der Waals surface area (Å²) in [5.74, 6) is -1.23. The summed E-state index contributed by atoms with van der Waals surface area (Å²) in [7, 11) is 0. The molecule has 0 saturated carbocycles. The third-order valence-electron chi connectivity index (χ3n) is 5.29. The molecule has 202 valence electrons. The van der Waals surface area contributed by atoms with Crippen LogP contribution in [0, 0.1) is 13.8 Å². The Morgan fingerprint density at radius 1 is 0.590 bits per heavy atom. The van der Waals surface area contributed by atoms with Crippen LogP contribution in [0.25, 0.3) is 11.1 Å². The molecule has 39 heavy (non-hydrogen) atoms. The third-order valence-corrected chi connectivity index (χ3v) is 5.29. The standard InChI is InChI=1S/C13H10.2C7H8O.2C3H4O2/c1-3-7-12-10(5-1)9-11-6-2-4-8-13(11)12;2*1-6-4-2-3-5-7(6)8;2*1-2-3(4)5/h1-8H,9H2;2*2-5,8H,1H3;2*2H,1H2,(H,4,5). The molecule has 0 radical (unpaired) electrons. The normalized spacial score (nSPS) is 9.49. The number of hydrogen-bond acceptors (Lipinski definition) is 4. The molecule has 4 aromatic rings. The average Bonchev–Trinajstić information content (AvgIpc) is 3.32. The molecular formula is C33H34O6. The Hall–Kier alpha value is -5.10. The zero-order chi connectivity index (χ0) is 29.2. The number of phenols is 2. The van der Waals surface area contributed by atoms with Crippen molar-refractivity contribution in [2.75, 3.05) is 0 Å². The Labute approximate surface area is 229 Å². The maximum Gasteiger partial charge on any atom is 0.327 e. The number of fused-ring (bicyclic) bond motifs is 3. The van der Waals surface area contributed by atoms with Crippen molar-refractivity contribution in [1.82, 2.24) is 0 Å². The van der Waals surface area contributed by atoms with Crippen LogP contribution in [-0.2, 0) is 16.0 Å². The fourth-order valence-corrected chi connectivity index (χ4v) is 3.21. The summed E-state index contributed by atoms with van der Waals surface area (Å²) < 4.78 is 0. The van der Waals surface area contributed by atoms with Gasteiger partial charge in [-0.2, -0.15) is 0 Å². The van der Waals surface area contributed by atoms with Crippen LogP contribution in [-0.4, -0.2) is 32.4 Å². The van der Waals surface area contributed by atoms with E-state index in [9.17, 15) is 9.59 Å². The Bertz CT molecular complexity index is 1230. The van der Waals surface area contributed by atoms with E-state index < -0.39 is 11.9 Å². The molecule has 0 saturated heterocycles. The van der Waals surface area contributed by atoms with Gasteiger partial charge in [0, 0.05) is 12.2 Å². The molecule has 0 spiro atoms. The fraction of sp³-hybridized carbons (Fsp3) is 0.0909. The van der Waals surface area contributed by atoms with Gasteiger partial charge in [0.1, 0.15) is 11.5 Å². The van der Waals surface area contributed by atoms with E-state index in [0.717, 1.165) is 29.7 Å². The summed E-state index contributed by atoms with van der Waals surface area (Å²) in [5, 5.41) is 33.0. The van der Waals surface area contributed by atoms with E-state index >= 15 is 0 Å². The number of benzene rings is 4. The van der Waals surface area contributed by atoms with E-state index in [2.05, 4.69) is 61.7 Å². The van der Waals surface area contributed by atoms with Gasteiger partial charge < -0.3 is 20.4 Å². The molecule has 0 unspecified atom stereocenters. The average molecular weight is 527 g/mol. The second-order valence-electron chi connectivity index (χ2n) is 8.15. The van der Waals surface area contributed by atoms with Gasteiger partial charge in [-0.05, 0) is 65.8 Å². The van der Waals surface area contributed by atoms with E-state index in [1.807, 2.05) is 50.2 Å². The zero-order valence-electron chi connectivity index (χ0n) is 22.1. The highest BCUT2D eigenvalue weighted by atomic mass is 16.4. The van der Waals surface area contributed by atoms with Crippen molar-refractivity contribution in [3.05, 3.63) is 145 Å². The van der Waals surface area contributed by atoms with Gasteiger partial charge in [-0.15, -0.1) is 0 Å². The number of rotatable bonds is 2. The highest BCUT2D eigenvalue weighted by molar-refractivity contribution is 5.79. The molecule has 4 aromatic carbocycles. The molecule has 0 fully saturated rings. The molecule has 0 bridgehead atoms. The quantitative estimate of drug-likeness (QED) is 0.181. The molecule has 0 atom stereocenters. The summed E-state index contributed by atoms with van der Waals surface area (Å²) in [5.41, 5.74) is 7.60. The lowest BCUT2D eigenvalue weighted by Gasteiger charge is -1.98. The molecule has 6 nitrogen and oxygen atoms in total. The second kappa shape index (κ2) is 17.4. The first-order valence-electron chi connectivity index (χ1n) is 12.0. The predicted molar refractivity (Wildman–Crippen MR) is 156 cm³/mol. The summed E-state index contributed by atoms with van der Waals surface area (Å²) in [6.45, 7) is 9.66. The van der Waals surface area contributed by atoms with Gasteiger partial charge in [-0.1, -0.05) is 98.1 Å². The Kier molecular flexibility index (Phi) is 14.2. The van der Waals surface area contributed by atoms with Crippen LogP contribution < -0.4 is 0 Å². The van der Waals surface area contributed by atoms with E-state index in [4.69, 9.17) is 20.4 Å². The second-order valence-corrected chi connectivity index (χ2v) is 8.15. The van der Waals surface area contributed by atoms with Crippen LogP contribution >= 0.6 is 0 Å².